The Balaban J connectivity index is 1.63. The molecule has 0 aliphatic heterocycles. The van der Waals surface area contributed by atoms with Crippen LogP contribution in [0.15, 0.2) is 48.1 Å². The summed E-state index contributed by atoms with van der Waals surface area (Å²) in [6.45, 7) is 1.88. The fourth-order valence-corrected chi connectivity index (χ4v) is 3.78. The molecule has 7 nitrogen and oxygen atoms in total. The first-order valence-electron chi connectivity index (χ1n) is 8.32. The highest BCUT2D eigenvalue weighted by Gasteiger charge is 2.15. The van der Waals surface area contributed by atoms with Gasteiger partial charge in [0.25, 0.3) is 5.91 Å². The fraction of sp³-hybridized carbons (Fsp3) is 0.0526. The Morgan fingerprint density at radius 1 is 1.07 bits per heavy atom. The number of fused-ring (bicyclic) bond motifs is 2. The topological polar surface area (TPSA) is 99.4 Å². The molecule has 5 rings (SSSR count). The summed E-state index contributed by atoms with van der Waals surface area (Å²) >= 11 is 1.45. The quantitative estimate of drug-likeness (QED) is 0.442. The van der Waals surface area contributed by atoms with E-state index >= 15 is 0 Å². The van der Waals surface area contributed by atoms with Gasteiger partial charge in [-0.2, -0.15) is 10.2 Å². The van der Waals surface area contributed by atoms with Gasteiger partial charge in [0.05, 0.1) is 34.1 Å². The highest BCUT2D eigenvalue weighted by Crippen LogP contribution is 2.33. The third-order valence-electron chi connectivity index (χ3n) is 4.45. The number of hydrogen-bond acceptors (Lipinski definition) is 5. The highest BCUT2D eigenvalue weighted by atomic mass is 32.1. The van der Waals surface area contributed by atoms with Crippen molar-refractivity contribution in [3.63, 3.8) is 0 Å². The average Bonchev–Trinajstić information content (AvgIpc) is 3.41. The summed E-state index contributed by atoms with van der Waals surface area (Å²) in [5.41, 5.74) is 4.89. The van der Waals surface area contributed by atoms with E-state index in [0.717, 1.165) is 37.9 Å². The van der Waals surface area contributed by atoms with Crippen molar-refractivity contribution in [3.05, 3.63) is 58.8 Å². The van der Waals surface area contributed by atoms with Gasteiger partial charge in [0.1, 0.15) is 5.69 Å². The van der Waals surface area contributed by atoms with Gasteiger partial charge in [-0.15, -0.1) is 11.3 Å². The zero-order valence-corrected chi connectivity index (χ0v) is 15.1. The van der Waals surface area contributed by atoms with Crippen LogP contribution in [0.2, 0.25) is 0 Å². The summed E-state index contributed by atoms with van der Waals surface area (Å²) in [5, 5.41) is 21.7. The first-order valence-corrected chi connectivity index (χ1v) is 9.20. The Labute approximate surface area is 157 Å². The van der Waals surface area contributed by atoms with E-state index in [-0.39, 0.29) is 5.91 Å². The highest BCUT2D eigenvalue weighted by molar-refractivity contribution is 7.09. The van der Waals surface area contributed by atoms with Crippen LogP contribution in [0.4, 0.5) is 5.69 Å². The fourth-order valence-electron chi connectivity index (χ4n) is 3.18. The number of amides is 1. The molecule has 2 aromatic carbocycles. The molecule has 0 aliphatic carbocycles. The number of benzene rings is 2. The molecule has 27 heavy (non-hydrogen) atoms. The number of aromatic amines is 2. The summed E-state index contributed by atoms with van der Waals surface area (Å²) in [6, 6.07) is 9.96. The number of nitrogens with zero attached hydrogens (tertiary/aromatic N) is 3. The lowest BCUT2D eigenvalue weighted by Crippen LogP contribution is -2.12. The van der Waals surface area contributed by atoms with E-state index in [2.05, 4.69) is 30.7 Å². The van der Waals surface area contributed by atoms with E-state index in [1.165, 1.54) is 11.3 Å². The zero-order chi connectivity index (χ0) is 18.4. The van der Waals surface area contributed by atoms with Crippen LogP contribution >= 0.6 is 11.3 Å². The van der Waals surface area contributed by atoms with Crippen molar-refractivity contribution in [2.75, 3.05) is 5.32 Å². The number of hydrogen-bond donors (Lipinski definition) is 3. The van der Waals surface area contributed by atoms with Crippen LogP contribution < -0.4 is 5.32 Å². The number of aromatic nitrogens is 5. The molecule has 3 aromatic heterocycles. The van der Waals surface area contributed by atoms with E-state index in [0.29, 0.717) is 11.4 Å². The second-order valence-electron chi connectivity index (χ2n) is 6.20. The van der Waals surface area contributed by atoms with Crippen molar-refractivity contribution in [3.8, 4) is 11.1 Å². The van der Waals surface area contributed by atoms with Crippen molar-refractivity contribution in [2.45, 2.75) is 6.92 Å². The van der Waals surface area contributed by atoms with Crippen LogP contribution in [-0.4, -0.2) is 31.3 Å². The molecule has 0 radical (unpaired) electrons. The van der Waals surface area contributed by atoms with Crippen LogP contribution in [-0.2, 0) is 0 Å². The minimum absolute atomic E-state index is 0.236. The average molecular weight is 374 g/mol. The molecule has 0 bridgehead atoms. The largest absolute Gasteiger partial charge is 0.320 e. The molecule has 5 aromatic rings. The van der Waals surface area contributed by atoms with E-state index < -0.39 is 0 Å². The first kappa shape index (κ1) is 15.7. The number of carbonyl (C=O) groups is 1. The predicted octanol–water partition coefficient (Wildman–Crippen LogP) is 4.12. The Morgan fingerprint density at radius 2 is 1.89 bits per heavy atom. The van der Waals surface area contributed by atoms with Gasteiger partial charge < -0.3 is 5.32 Å². The molecule has 0 saturated carbocycles. The van der Waals surface area contributed by atoms with Gasteiger partial charge in [-0.05, 0) is 36.2 Å². The first-order chi connectivity index (χ1) is 13.2. The zero-order valence-electron chi connectivity index (χ0n) is 14.3. The van der Waals surface area contributed by atoms with E-state index in [1.807, 2.05) is 37.3 Å². The summed E-state index contributed by atoms with van der Waals surface area (Å²) in [7, 11) is 0. The number of H-pyrrole nitrogens is 2. The lowest BCUT2D eigenvalue weighted by atomic mass is 10.00. The van der Waals surface area contributed by atoms with Gasteiger partial charge >= 0.3 is 0 Å². The Morgan fingerprint density at radius 3 is 2.70 bits per heavy atom. The lowest BCUT2D eigenvalue weighted by molar-refractivity contribution is 0.102. The summed E-state index contributed by atoms with van der Waals surface area (Å²) in [5.74, 6) is -0.236. The van der Waals surface area contributed by atoms with Crippen LogP contribution in [0.3, 0.4) is 0 Å². The van der Waals surface area contributed by atoms with Gasteiger partial charge in [0.2, 0.25) is 0 Å². The van der Waals surface area contributed by atoms with Crippen molar-refractivity contribution in [2.24, 2.45) is 0 Å². The van der Waals surface area contributed by atoms with Crippen LogP contribution in [0.1, 0.15) is 15.5 Å². The molecule has 3 heterocycles. The predicted molar refractivity (Wildman–Crippen MR) is 106 cm³/mol. The van der Waals surface area contributed by atoms with Crippen molar-refractivity contribution >= 4 is 44.7 Å². The second kappa shape index (κ2) is 6.03. The SMILES string of the molecule is Cc1nc(C(=O)Nc2cc(-c3cccc4[nH]ncc34)cc3[nH]ncc23)cs1. The molecule has 0 aliphatic rings. The Kier molecular flexibility index (Phi) is 3.51. The molecular formula is C19H14N6OS. The van der Waals surface area contributed by atoms with E-state index in [4.69, 9.17) is 0 Å². The Bertz CT molecular complexity index is 1300. The minimum Gasteiger partial charge on any atom is -0.320 e. The maximum atomic E-state index is 12.6. The summed E-state index contributed by atoms with van der Waals surface area (Å²) in [6.07, 6.45) is 3.51. The number of thiazole rings is 1. The molecule has 1 amide bonds. The van der Waals surface area contributed by atoms with E-state index in [1.54, 1.807) is 17.8 Å². The summed E-state index contributed by atoms with van der Waals surface area (Å²) < 4.78 is 0. The molecule has 0 saturated heterocycles. The van der Waals surface area contributed by atoms with Gasteiger partial charge in [-0.3, -0.25) is 15.0 Å². The summed E-state index contributed by atoms with van der Waals surface area (Å²) in [4.78, 5) is 16.9. The van der Waals surface area contributed by atoms with Crippen LogP contribution in [0, 0.1) is 6.92 Å². The molecule has 132 valence electrons. The molecule has 8 heteroatoms. The van der Waals surface area contributed by atoms with Crippen molar-refractivity contribution in [1.29, 1.82) is 0 Å². The standard InChI is InChI=1S/C19H14N6OS/c1-10-22-18(9-27-10)19(26)23-16-5-11(6-17-14(16)8-21-25-17)12-3-2-4-15-13(12)7-20-24-15/h2-9H,1H3,(H,20,24)(H,21,25)(H,23,26). The van der Waals surface area contributed by atoms with Gasteiger partial charge in [0, 0.05) is 16.2 Å². The number of carbonyl (C=O) groups excluding carboxylic acids is 1. The molecule has 0 spiro atoms. The maximum Gasteiger partial charge on any atom is 0.275 e. The Hall–Kier alpha value is -3.52. The minimum atomic E-state index is -0.236. The number of rotatable bonds is 3. The molecule has 0 fully saturated rings. The molecule has 0 unspecified atom stereocenters. The maximum absolute atomic E-state index is 12.6. The third kappa shape index (κ3) is 2.67. The normalized spacial score (nSPS) is 11.3. The number of nitrogens with one attached hydrogen (secondary N) is 3. The third-order valence-corrected chi connectivity index (χ3v) is 5.23. The lowest BCUT2D eigenvalue weighted by Gasteiger charge is -2.09. The van der Waals surface area contributed by atoms with Crippen molar-refractivity contribution < 1.29 is 4.79 Å². The molecule has 3 N–H and O–H groups in total. The molecular weight excluding hydrogens is 360 g/mol. The van der Waals surface area contributed by atoms with Gasteiger partial charge in [-0.1, -0.05) is 12.1 Å². The monoisotopic (exact) mass is 374 g/mol. The van der Waals surface area contributed by atoms with Gasteiger partial charge in [0.15, 0.2) is 0 Å². The van der Waals surface area contributed by atoms with Crippen LogP contribution in [0.25, 0.3) is 32.9 Å². The number of anilines is 1. The second-order valence-corrected chi connectivity index (χ2v) is 7.26. The number of aryl methyl sites for hydroxylation is 1. The van der Waals surface area contributed by atoms with E-state index in [9.17, 15) is 4.79 Å². The van der Waals surface area contributed by atoms with Gasteiger partial charge in [-0.25, -0.2) is 4.98 Å². The molecule has 0 atom stereocenters. The smallest absolute Gasteiger partial charge is 0.275 e. The van der Waals surface area contributed by atoms with Crippen molar-refractivity contribution in [1.82, 2.24) is 25.4 Å². The van der Waals surface area contributed by atoms with Crippen LogP contribution in [0.5, 0.6) is 0 Å².